The SMILES string of the molecule is COc1c2cc(Cl)ccc2nn1[C@H](C)C1CCC(c2ccnc3ccc(F)cc23)CC1.C[C@@H](CCc1cc(Cl)ccc1[N+](=O)[O-])C1CCC(c2ccnc3ccc(F)cc23)CC1.C[C@H](C1CCC(c2ccnc3ccc(F)cc23)CC1)n1[nH]c2ccc(Cl)cc2c1=O.C[C@H](C1CCC(c2ccnc3ccc(F)cc23)CC1)n1[nH]c2ccc(Cl)cc2c1=O.Cc1cc(Cl)ccc1[N+](=O)[O-].O=[N+]([O-])c1ccc(Cl)cc1CBr. The van der Waals surface area contributed by atoms with Crippen LogP contribution in [-0.4, -0.2) is 71.2 Å². The molecule has 7 aromatic heterocycles. The van der Waals surface area contributed by atoms with Gasteiger partial charge in [-0.15, -0.1) is 0 Å². The number of nitro groups is 3. The molecule has 4 aliphatic carbocycles. The van der Waals surface area contributed by atoms with Crippen molar-refractivity contribution in [1.29, 1.82) is 0 Å². The van der Waals surface area contributed by atoms with Gasteiger partial charge in [-0.25, -0.2) is 31.6 Å². The van der Waals surface area contributed by atoms with E-state index < -0.39 is 9.85 Å². The number of nitro benzene ring substituents is 3. The molecule has 4 atom stereocenters. The molecule has 0 aliphatic heterocycles. The molecule has 7 heterocycles. The highest BCUT2D eigenvalue weighted by Crippen LogP contribution is 2.49. The van der Waals surface area contributed by atoms with Gasteiger partial charge in [-0.3, -0.25) is 70.1 Å². The molecule has 0 amide bonds. The Morgan fingerprint density at radius 2 is 0.690 bits per heavy atom. The number of ether oxygens (including phenoxy) is 1. The Morgan fingerprint density at radius 3 is 1.05 bits per heavy atom. The van der Waals surface area contributed by atoms with Crippen molar-refractivity contribution in [2.45, 2.75) is 197 Å². The van der Waals surface area contributed by atoms with E-state index in [1.54, 1.807) is 120 Å². The van der Waals surface area contributed by atoms with Crippen molar-refractivity contribution in [2.75, 3.05) is 7.11 Å². The van der Waals surface area contributed by atoms with Crippen LogP contribution in [-0.2, 0) is 11.8 Å². The van der Waals surface area contributed by atoms with E-state index in [1.165, 1.54) is 76.9 Å². The van der Waals surface area contributed by atoms with Crippen molar-refractivity contribution in [3.8, 4) is 5.88 Å². The lowest BCUT2D eigenvalue weighted by molar-refractivity contribution is -0.385. The Hall–Kier alpha value is -12.2. The highest BCUT2D eigenvalue weighted by Gasteiger charge is 2.36. The number of nitrogens with zero attached hydrogens (tertiary/aromatic N) is 11. The summed E-state index contributed by atoms with van der Waals surface area (Å²) in [7, 11) is 1.69. The first kappa shape index (κ1) is 106. The number of methoxy groups -OCH3 is 1. The quantitative estimate of drug-likeness (QED) is 0.0329. The molecule has 4 fully saturated rings. The Kier molecular flexibility index (Phi) is 34.6. The van der Waals surface area contributed by atoms with Crippen LogP contribution in [0.5, 0.6) is 5.88 Å². The van der Waals surface area contributed by atoms with Crippen LogP contribution < -0.4 is 15.9 Å². The lowest BCUT2D eigenvalue weighted by Gasteiger charge is -2.33. The molecule has 0 unspecified atom stereocenters. The van der Waals surface area contributed by atoms with E-state index in [0.29, 0.717) is 123 Å². The summed E-state index contributed by atoms with van der Waals surface area (Å²) < 4.78 is 66.5. The number of halogens is 11. The van der Waals surface area contributed by atoms with Crippen LogP contribution in [0.1, 0.15) is 218 Å². The van der Waals surface area contributed by atoms with Gasteiger partial charge in [0.2, 0.25) is 5.88 Å². The van der Waals surface area contributed by atoms with Gasteiger partial charge in [-0.2, -0.15) is 5.10 Å². The van der Waals surface area contributed by atoms with E-state index in [4.69, 9.17) is 79.4 Å². The smallest absolute Gasteiger partial charge is 0.274 e. The van der Waals surface area contributed by atoms with Crippen LogP contribution in [0.4, 0.5) is 34.6 Å². The molecular weight excluding hydrogens is 2040 g/mol. The number of aryl methyl sites for hydroxylation is 2. The van der Waals surface area contributed by atoms with Crippen LogP contribution >= 0.6 is 85.5 Å². The Balaban J connectivity index is 0.000000129. The fourth-order valence-electron chi connectivity index (χ4n) is 21.9. The van der Waals surface area contributed by atoms with Gasteiger partial charge in [0.25, 0.3) is 28.2 Å². The van der Waals surface area contributed by atoms with Crippen LogP contribution in [0.3, 0.4) is 0 Å². The average molecular weight is 2150 g/mol. The molecule has 17 aromatic rings. The number of aromatic amines is 2. The Bertz CT molecular complexity index is 7530. The van der Waals surface area contributed by atoms with Gasteiger partial charge in [0.05, 0.1) is 94.8 Å². The maximum atomic E-state index is 13.9. The zero-order valence-electron chi connectivity index (χ0n) is 80.6. The number of alkyl halides is 1. The molecule has 2 N–H and O–H groups in total. The minimum atomic E-state index is -0.425. The summed E-state index contributed by atoms with van der Waals surface area (Å²) in [6.07, 6.45) is 25.7. The third-order valence-corrected chi connectivity index (χ3v) is 31.9. The summed E-state index contributed by atoms with van der Waals surface area (Å²) in [5, 5.41) is 53.1. The molecule has 4 aliphatic rings. The van der Waals surface area contributed by atoms with Gasteiger partial charge < -0.3 is 4.74 Å². The second kappa shape index (κ2) is 47.5. The maximum absolute atomic E-state index is 13.9. The monoisotopic (exact) mass is 2140 g/mol. The molecule has 21 rings (SSSR count). The van der Waals surface area contributed by atoms with E-state index in [0.717, 1.165) is 181 Å². The average Bonchev–Trinajstić information content (AvgIpc) is 1.50. The van der Waals surface area contributed by atoms with Crippen molar-refractivity contribution in [2.24, 2.45) is 29.6 Å². The number of hydrogen-bond donors (Lipinski definition) is 2. The van der Waals surface area contributed by atoms with Crippen LogP contribution in [0, 0.1) is 90.1 Å². The molecule has 10 aromatic carbocycles. The zero-order valence-corrected chi connectivity index (χ0v) is 86.7. The number of nitrogens with one attached hydrogen (secondary N) is 2. The molecule has 33 heteroatoms. The van der Waals surface area contributed by atoms with Gasteiger partial charge in [-0.1, -0.05) is 92.5 Å². The predicted molar refractivity (Wildman–Crippen MR) is 575 cm³/mol. The second-order valence-corrected chi connectivity index (χ2v) is 41.6. The van der Waals surface area contributed by atoms with Gasteiger partial charge in [-0.05, 0) is 407 Å². The van der Waals surface area contributed by atoms with Crippen LogP contribution in [0.2, 0.25) is 30.1 Å². The van der Waals surface area contributed by atoms with Crippen molar-refractivity contribution in [3.05, 3.63) is 374 Å². The summed E-state index contributed by atoms with van der Waals surface area (Å²) >= 11 is 38.8. The van der Waals surface area contributed by atoms with Gasteiger partial charge in [0, 0.05) is 117 Å². The Labute approximate surface area is 873 Å². The van der Waals surface area contributed by atoms with Crippen molar-refractivity contribution >= 4 is 179 Å². The maximum Gasteiger partial charge on any atom is 0.274 e. The molecule has 0 radical (unpaired) electrons. The van der Waals surface area contributed by atoms with Crippen molar-refractivity contribution in [3.63, 3.8) is 0 Å². The Morgan fingerprint density at radius 1 is 0.379 bits per heavy atom. The summed E-state index contributed by atoms with van der Waals surface area (Å²) in [5.41, 5.74) is 12.9. The lowest BCUT2D eigenvalue weighted by atomic mass is 9.72. The van der Waals surface area contributed by atoms with E-state index in [-0.39, 0.29) is 74.5 Å². The summed E-state index contributed by atoms with van der Waals surface area (Å²) in [5.74, 6) is 3.90. The lowest BCUT2D eigenvalue weighted by Crippen LogP contribution is -2.28. The second-order valence-electron chi connectivity index (χ2n) is 38.4. The molecule has 4 saturated carbocycles. The highest BCUT2D eigenvalue weighted by atomic mass is 79.9. The van der Waals surface area contributed by atoms with Gasteiger partial charge >= 0.3 is 0 Å². The molecule has 752 valence electrons. The highest BCUT2D eigenvalue weighted by molar-refractivity contribution is 9.08. The molecule has 0 spiro atoms. The summed E-state index contributed by atoms with van der Waals surface area (Å²) in [4.78, 5) is 74.1. The number of benzene rings is 10. The number of rotatable bonds is 19. The number of hydrogen-bond acceptors (Lipinski definition) is 14. The number of pyridine rings is 4. The minimum Gasteiger partial charge on any atom is -0.481 e. The summed E-state index contributed by atoms with van der Waals surface area (Å²) in [6, 6.07) is 58.0. The van der Waals surface area contributed by atoms with Crippen LogP contribution in [0.15, 0.2) is 241 Å². The van der Waals surface area contributed by atoms with Crippen molar-refractivity contribution in [1.82, 2.24) is 49.3 Å². The predicted octanol–water partition coefficient (Wildman–Crippen LogP) is 32.5. The zero-order chi connectivity index (χ0) is 103. The normalized spacial score (nSPS) is 18.7. The minimum absolute atomic E-state index is 0.0160. The first-order valence-corrected chi connectivity index (χ1v) is 52.1. The van der Waals surface area contributed by atoms with E-state index >= 15 is 0 Å². The van der Waals surface area contributed by atoms with Crippen molar-refractivity contribution < 1.29 is 37.1 Å². The molecule has 0 saturated heterocycles. The molecular formula is C112H108BrCl6F4N13O9. The van der Waals surface area contributed by atoms with E-state index in [9.17, 15) is 57.5 Å². The van der Waals surface area contributed by atoms with Crippen LogP contribution in [0.25, 0.3) is 76.3 Å². The third kappa shape index (κ3) is 24.9. The topological polar surface area (TPSA) is 284 Å². The molecule has 145 heavy (non-hydrogen) atoms. The largest absolute Gasteiger partial charge is 0.481 e. The van der Waals surface area contributed by atoms with E-state index in [2.05, 4.69) is 79.8 Å². The van der Waals surface area contributed by atoms with Gasteiger partial charge in [0.15, 0.2) is 0 Å². The van der Waals surface area contributed by atoms with Gasteiger partial charge in [0.1, 0.15) is 23.3 Å². The first-order valence-electron chi connectivity index (χ1n) is 48.8. The fraction of sp³-hybridized carbons (Fsp3) is 0.330. The number of H-pyrrole nitrogens is 2. The summed E-state index contributed by atoms with van der Waals surface area (Å²) in [6.45, 7) is 10.3. The fourth-order valence-corrected chi connectivity index (χ4v) is 23.4. The molecule has 0 bridgehead atoms. The first-order chi connectivity index (χ1) is 69.7. The molecule has 22 nitrogen and oxygen atoms in total. The van der Waals surface area contributed by atoms with E-state index in [1.807, 2.05) is 78.0 Å². The number of aromatic nitrogens is 10. The number of fused-ring (bicyclic) bond motifs is 7. The standard InChI is InChI=1S/C25H25ClFN3O.C25H26ClFN2O2.2C24H23ClFN3O.C7H5BrClNO2.C7H6ClNO2/c1-15(30-25(31-2)22-13-18(26)7-9-24(22)29-30)16-3-5-17(6-4-16)20-11-12-28-23-10-8-19(27)14-21(20)23;1-16(2-3-19-14-20(26)8-11-25(19)29(30)31)17-4-6-18(7-5-17)22-12-13-28-24-10-9-21(27)15-23(22)24;2*1-14(29-24(30)21-12-17(25)6-8-23(21)28-29)15-2-4-16(5-3-15)19-10-11-27-22-9-7-18(26)13-20(19)22;8-4-5-3-6(9)1-2-7(5)10(11)12;1-5-4-6(8)2-3-7(5)9(10)11/h7-17H,3-6H2,1-2H3;8-18H,2-7H2,1H3;2*6-16,28H,2-5H2,1H3;1-3H,4H2;2-4H,1H3/t15-,16?,17?;16-,17?,18?;2*14-,15?,16?;;/m1011../s1. The third-order valence-electron chi connectivity index (χ3n) is 29.8.